The number of ether oxygens (including phenoxy) is 2. The molecule has 1 aromatic heterocycles. The van der Waals surface area contributed by atoms with Crippen molar-refractivity contribution in [1.29, 1.82) is 0 Å². The Morgan fingerprint density at radius 2 is 1.76 bits per heavy atom. The second-order valence-electron chi connectivity index (χ2n) is 3.29. The molecule has 2 N–H and O–H groups in total. The minimum Gasteiger partial charge on any atom is -0.490 e. The lowest BCUT2D eigenvalue weighted by atomic mass is 10.3. The molecule has 0 unspecified atom stereocenters. The van der Waals surface area contributed by atoms with E-state index in [1.165, 1.54) is 6.33 Å². The summed E-state index contributed by atoms with van der Waals surface area (Å²) in [6, 6.07) is 11.1. The molecule has 88 valence electrons. The van der Waals surface area contributed by atoms with Gasteiger partial charge in [-0.2, -0.15) is 0 Å². The van der Waals surface area contributed by atoms with Gasteiger partial charge in [0, 0.05) is 6.07 Å². The summed E-state index contributed by atoms with van der Waals surface area (Å²) < 4.78 is 10.8. The van der Waals surface area contributed by atoms with Crippen LogP contribution in [0.2, 0.25) is 0 Å². The second kappa shape index (κ2) is 5.69. The van der Waals surface area contributed by atoms with Gasteiger partial charge in [-0.05, 0) is 12.1 Å². The Kier molecular flexibility index (Phi) is 3.75. The van der Waals surface area contributed by atoms with Gasteiger partial charge >= 0.3 is 0 Å². The van der Waals surface area contributed by atoms with E-state index < -0.39 is 0 Å². The van der Waals surface area contributed by atoms with Crippen LogP contribution in [-0.4, -0.2) is 23.2 Å². The van der Waals surface area contributed by atoms with Crippen molar-refractivity contribution in [3.05, 3.63) is 42.7 Å². The normalized spacial score (nSPS) is 9.88. The molecule has 17 heavy (non-hydrogen) atoms. The van der Waals surface area contributed by atoms with E-state index >= 15 is 0 Å². The summed E-state index contributed by atoms with van der Waals surface area (Å²) in [5.74, 6) is 1.66. The topological polar surface area (TPSA) is 70.3 Å². The molecule has 1 heterocycles. The van der Waals surface area contributed by atoms with Crippen LogP contribution < -0.4 is 15.2 Å². The Morgan fingerprint density at radius 3 is 2.53 bits per heavy atom. The maximum absolute atomic E-state index is 5.49. The smallest absolute Gasteiger partial charge is 0.218 e. The third-order valence-corrected chi connectivity index (χ3v) is 2.01. The highest BCUT2D eigenvalue weighted by Crippen LogP contribution is 2.09. The lowest BCUT2D eigenvalue weighted by molar-refractivity contribution is 0.212. The second-order valence-corrected chi connectivity index (χ2v) is 3.29. The van der Waals surface area contributed by atoms with Crippen LogP contribution in [0.15, 0.2) is 42.7 Å². The first-order valence-corrected chi connectivity index (χ1v) is 5.23. The van der Waals surface area contributed by atoms with Gasteiger partial charge < -0.3 is 15.2 Å². The summed E-state index contributed by atoms with van der Waals surface area (Å²) >= 11 is 0. The Hall–Kier alpha value is -2.30. The Labute approximate surface area is 99.2 Å². The predicted molar refractivity (Wildman–Crippen MR) is 63.9 cm³/mol. The third kappa shape index (κ3) is 3.64. The SMILES string of the molecule is Nc1cc(OCCOc2ccccc2)ncn1. The molecule has 0 amide bonds. The Morgan fingerprint density at radius 1 is 1.00 bits per heavy atom. The van der Waals surface area contributed by atoms with Crippen LogP contribution >= 0.6 is 0 Å². The van der Waals surface area contributed by atoms with Crippen molar-refractivity contribution in [2.45, 2.75) is 0 Å². The minimum absolute atomic E-state index is 0.388. The number of hydrogen-bond acceptors (Lipinski definition) is 5. The fourth-order valence-electron chi connectivity index (χ4n) is 1.25. The molecule has 0 radical (unpaired) electrons. The fraction of sp³-hybridized carbons (Fsp3) is 0.167. The summed E-state index contributed by atoms with van der Waals surface area (Å²) in [6.45, 7) is 0.860. The highest BCUT2D eigenvalue weighted by molar-refractivity contribution is 5.30. The van der Waals surface area contributed by atoms with E-state index in [0.717, 1.165) is 5.75 Å². The van der Waals surface area contributed by atoms with Crippen molar-refractivity contribution in [3.63, 3.8) is 0 Å². The molecule has 0 saturated carbocycles. The van der Waals surface area contributed by atoms with Crippen molar-refractivity contribution in [2.24, 2.45) is 0 Å². The Bertz CT molecular complexity index is 462. The minimum atomic E-state index is 0.388. The standard InChI is InChI=1S/C12H13N3O2/c13-11-8-12(15-9-14-11)17-7-6-16-10-4-2-1-3-5-10/h1-5,8-9H,6-7H2,(H2,13,14,15). The zero-order valence-electron chi connectivity index (χ0n) is 9.24. The number of nitrogen functional groups attached to an aromatic ring is 1. The van der Waals surface area contributed by atoms with Gasteiger partial charge in [0.2, 0.25) is 5.88 Å². The summed E-state index contributed by atoms with van der Waals surface area (Å²) in [6.07, 6.45) is 1.36. The number of anilines is 1. The maximum atomic E-state index is 5.49. The van der Waals surface area contributed by atoms with Crippen molar-refractivity contribution in [3.8, 4) is 11.6 Å². The zero-order chi connectivity index (χ0) is 11.9. The van der Waals surface area contributed by atoms with Crippen LogP contribution in [0, 0.1) is 0 Å². The Balaban J connectivity index is 1.73. The number of benzene rings is 1. The molecule has 0 spiro atoms. The first-order valence-electron chi connectivity index (χ1n) is 5.23. The van der Waals surface area contributed by atoms with E-state index in [1.54, 1.807) is 6.07 Å². The third-order valence-electron chi connectivity index (χ3n) is 2.01. The van der Waals surface area contributed by atoms with Gasteiger partial charge in [0.15, 0.2) is 0 Å². The molecule has 2 aromatic rings. The van der Waals surface area contributed by atoms with E-state index in [0.29, 0.717) is 24.9 Å². The monoisotopic (exact) mass is 231 g/mol. The molecular weight excluding hydrogens is 218 g/mol. The molecule has 0 fully saturated rings. The van der Waals surface area contributed by atoms with Crippen molar-refractivity contribution in [2.75, 3.05) is 18.9 Å². The molecule has 2 rings (SSSR count). The van der Waals surface area contributed by atoms with Crippen LogP contribution in [-0.2, 0) is 0 Å². The summed E-state index contributed by atoms with van der Waals surface area (Å²) in [5, 5.41) is 0. The number of para-hydroxylation sites is 1. The molecule has 0 aliphatic rings. The van der Waals surface area contributed by atoms with Gasteiger partial charge in [-0.25, -0.2) is 9.97 Å². The highest BCUT2D eigenvalue weighted by Gasteiger charge is 1.97. The van der Waals surface area contributed by atoms with E-state index in [2.05, 4.69) is 9.97 Å². The van der Waals surface area contributed by atoms with Crippen LogP contribution in [0.3, 0.4) is 0 Å². The molecular formula is C12H13N3O2. The van der Waals surface area contributed by atoms with E-state index in [4.69, 9.17) is 15.2 Å². The number of nitrogens with zero attached hydrogens (tertiary/aromatic N) is 2. The first kappa shape index (κ1) is 11.2. The number of rotatable bonds is 5. The molecule has 0 saturated heterocycles. The van der Waals surface area contributed by atoms with E-state index in [9.17, 15) is 0 Å². The summed E-state index contributed by atoms with van der Waals surface area (Å²) in [7, 11) is 0. The van der Waals surface area contributed by atoms with Gasteiger partial charge in [-0.1, -0.05) is 18.2 Å². The summed E-state index contributed by atoms with van der Waals surface area (Å²) in [5.41, 5.74) is 5.49. The average Bonchev–Trinajstić information content (AvgIpc) is 2.36. The number of aromatic nitrogens is 2. The van der Waals surface area contributed by atoms with Gasteiger partial charge in [0.05, 0.1) is 0 Å². The average molecular weight is 231 g/mol. The molecule has 5 heteroatoms. The lowest BCUT2D eigenvalue weighted by Gasteiger charge is -2.07. The van der Waals surface area contributed by atoms with Crippen molar-refractivity contribution < 1.29 is 9.47 Å². The predicted octanol–water partition coefficient (Wildman–Crippen LogP) is 1.52. The molecule has 0 bridgehead atoms. The first-order chi connectivity index (χ1) is 8.34. The van der Waals surface area contributed by atoms with Gasteiger partial charge in [0.1, 0.15) is 31.1 Å². The van der Waals surface area contributed by atoms with Gasteiger partial charge in [0.25, 0.3) is 0 Å². The molecule has 0 aliphatic heterocycles. The number of nitrogens with two attached hydrogens (primary N) is 1. The van der Waals surface area contributed by atoms with Crippen LogP contribution in [0.5, 0.6) is 11.6 Å². The maximum Gasteiger partial charge on any atom is 0.218 e. The van der Waals surface area contributed by atoms with Crippen molar-refractivity contribution in [1.82, 2.24) is 9.97 Å². The van der Waals surface area contributed by atoms with Crippen molar-refractivity contribution >= 4 is 5.82 Å². The molecule has 1 aromatic carbocycles. The summed E-state index contributed by atoms with van der Waals surface area (Å²) in [4.78, 5) is 7.69. The highest BCUT2D eigenvalue weighted by atomic mass is 16.5. The fourth-order valence-corrected chi connectivity index (χ4v) is 1.25. The van der Waals surface area contributed by atoms with E-state index in [-0.39, 0.29) is 0 Å². The molecule has 0 aliphatic carbocycles. The number of hydrogen-bond donors (Lipinski definition) is 1. The lowest BCUT2D eigenvalue weighted by Crippen LogP contribution is -2.10. The van der Waals surface area contributed by atoms with Crippen LogP contribution in [0.4, 0.5) is 5.82 Å². The van der Waals surface area contributed by atoms with Gasteiger partial charge in [-0.3, -0.25) is 0 Å². The van der Waals surface area contributed by atoms with Gasteiger partial charge in [-0.15, -0.1) is 0 Å². The van der Waals surface area contributed by atoms with Crippen LogP contribution in [0.25, 0.3) is 0 Å². The quantitative estimate of drug-likeness (QED) is 0.790. The van der Waals surface area contributed by atoms with E-state index in [1.807, 2.05) is 30.3 Å². The zero-order valence-corrected chi connectivity index (χ0v) is 9.24. The molecule has 0 atom stereocenters. The van der Waals surface area contributed by atoms with Crippen LogP contribution in [0.1, 0.15) is 0 Å². The molecule has 5 nitrogen and oxygen atoms in total. The largest absolute Gasteiger partial charge is 0.490 e.